The van der Waals surface area contributed by atoms with Crippen molar-refractivity contribution in [2.45, 2.75) is 45.7 Å². The zero-order valence-electron chi connectivity index (χ0n) is 15.7. The molecule has 1 fully saturated rings. The van der Waals surface area contributed by atoms with Crippen molar-refractivity contribution in [1.82, 2.24) is 20.4 Å². The van der Waals surface area contributed by atoms with Crippen molar-refractivity contribution in [1.29, 1.82) is 0 Å². The number of aromatic nitrogens is 2. The monoisotopic (exact) mass is 467 g/mol. The van der Waals surface area contributed by atoms with Gasteiger partial charge in [-0.05, 0) is 41.9 Å². The zero-order valence-corrected chi connectivity index (χ0v) is 18.1. The number of hydrogen-bond acceptors (Lipinski definition) is 2. The molecule has 3 rings (SSSR count). The van der Waals surface area contributed by atoms with Gasteiger partial charge in [-0.25, -0.2) is 0 Å². The lowest BCUT2D eigenvalue weighted by atomic mass is 9.67. The van der Waals surface area contributed by atoms with Crippen LogP contribution in [0.2, 0.25) is 0 Å². The van der Waals surface area contributed by atoms with Crippen molar-refractivity contribution in [3.8, 4) is 0 Å². The van der Waals surface area contributed by atoms with E-state index in [1.54, 1.807) is 0 Å². The summed E-state index contributed by atoms with van der Waals surface area (Å²) in [4.78, 5) is 4.38. The van der Waals surface area contributed by atoms with Crippen LogP contribution < -0.4 is 10.6 Å². The van der Waals surface area contributed by atoms with Crippen LogP contribution in [0.15, 0.2) is 47.7 Å². The highest BCUT2D eigenvalue weighted by atomic mass is 127. The molecule has 1 aromatic carbocycles. The summed E-state index contributed by atoms with van der Waals surface area (Å²) in [5, 5.41) is 11.3. The average molecular weight is 467 g/mol. The van der Waals surface area contributed by atoms with Crippen LogP contribution in [0.1, 0.15) is 43.7 Å². The van der Waals surface area contributed by atoms with Crippen LogP contribution >= 0.6 is 24.0 Å². The Balaban J connectivity index is 0.00000243. The number of rotatable bonds is 7. The summed E-state index contributed by atoms with van der Waals surface area (Å²) in [5.41, 5.74) is 3.03. The van der Waals surface area contributed by atoms with Crippen LogP contribution in [0.3, 0.4) is 0 Å². The maximum atomic E-state index is 4.38. The molecule has 0 unspecified atom stereocenters. The fourth-order valence-electron chi connectivity index (χ4n) is 3.46. The van der Waals surface area contributed by atoms with E-state index >= 15 is 0 Å². The summed E-state index contributed by atoms with van der Waals surface area (Å²) in [7, 11) is 1.84. The molecule has 26 heavy (non-hydrogen) atoms. The third-order valence-corrected chi connectivity index (χ3v) is 5.47. The van der Waals surface area contributed by atoms with E-state index in [1.807, 2.05) is 30.2 Å². The molecule has 2 aromatic rings. The van der Waals surface area contributed by atoms with E-state index in [4.69, 9.17) is 0 Å². The van der Waals surface area contributed by atoms with Gasteiger partial charge < -0.3 is 10.6 Å². The Morgan fingerprint density at radius 1 is 1.19 bits per heavy atom. The quantitative estimate of drug-likeness (QED) is 0.370. The number of hydrogen-bond donors (Lipinski definition) is 2. The molecule has 0 saturated heterocycles. The van der Waals surface area contributed by atoms with Gasteiger partial charge in [0, 0.05) is 32.5 Å². The van der Waals surface area contributed by atoms with Gasteiger partial charge in [0.15, 0.2) is 5.96 Å². The molecule has 0 amide bonds. The fraction of sp³-hybridized carbons (Fsp3) is 0.500. The van der Waals surface area contributed by atoms with E-state index < -0.39 is 0 Å². The number of halogens is 1. The fourth-order valence-corrected chi connectivity index (χ4v) is 3.46. The van der Waals surface area contributed by atoms with Crippen LogP contribution in [0.5, 0.6) is 0 Å². The average Bonchev–Trinajstić information content (AvgIpc) is 3.11. The molecule has 1 aliphatic carbocycles. The van der Waals surface area contributed by atoms with Gasteiger partial charge in [-0.3, -0.25) is 9.67 Å². The van der Waals surface area contributed by atoms with Gasteiger partial charge in [-0.1, -0.05) is 37.6 Å². The van der Waals surface area contributed by atoms with Gasteiger partial charge in [-0.15, -0.1) is 24.0 Å². The number of nitrogens with one attached hydrogen (secondary N) is 2. The molecule has 0 atom stereocenters. The second-order valence-corrected chi connectivity index (χ2v) is 6.96. The topological polar surface area (TPSA) is 54.2 Å². The van der Waals surface area contributed by atoms with Gasteiger partial charge in [0.2, 0.25) is 0 Å². The van der Waals surface area contributed by atoms with Gasteiger partial charge in [0.05, 0.1) is 6.54 Å². The highest BCUT2D eigenvalue weighted by molar-refractivity contribution is 14.0. The lowest BCUT2D eigenvalue weighted by molar-refractivity contribution is 0.131. The Hall–Kier alpha value is -1.57. The van der Waals surface area contributed by atoms with Crippen molar-refractivity contribution in [2.24, 2.45) is 10.4 Å². The van der Waals surface area contributed by atoms with E-state index in [9.17, 15) is 0 Å². The Labute approximate surface area is 173 Å². The minimum absolute atomic E-state index is 0. The Bertz CT molecular complexity index is 686. The SMILES string of the molecule is CCC1(CNC(=NC)NCc2ccccc2Cn2cccn2)CCC1.I. The molecule has 1 saturated carbocycles. The molecule has 6 heteroatoms. The van der Waals surface area contributed by atoms with E-state index in [2.05, 4.69) is 51.9 Å². The predicted molar refractivity (Wildman–Crippen MR) is 118 cm³/mol. The zero-order chi connectivity index (χ0) is 17.5. The van der Waals surface area contributed by atoms with Crippen molar-refractivity contribution in [3.63, 3.8) is 0 Å². The molecule has 142 valence electrons. The predicted octanol–water partition coefficient (Wildman–Crippen LogP) is 3.79. The summed E-state index contributed by atoms with van der Waals surface area (Å²) in [5.74, 6) is 0.883. The molecule has 0 spiro atoms. The Morgan fingerprint density at radius 3 is 2.54 bits per heavy atom. The maximum absolute atomic E-state index is 4.38. The van der Waals surface area contributed by atoms with Gasteiger partial charge in [-0.2, -0.15) is 5.10 Å². The van der Waals surface area contributed by atoms with Gasteiger partial charge in [0.25, 0.3) is 0 Å². The van der Waals surface area contributed by atoms with Crippen molar-refractivity contribution in [2.75, 3.05) is 13.6 Å². The molecule has 5 nitrogen and oxygen atoms in total. The Kier molecular flexibility index (Phi) is 7.93. The molecule has 1 aromatic heterocycles. The van der Waals surface area contributed by atoms with E-state index in [0.29, 0.717) is 5.41 Å². The molecular weight excluding hydrogens is 437 g/mol. The van der Waals surface area contributed by atoms with Crippen molar-refractivity contribution < 1.29 is 0 Å². The number of nitrogens with zero attached hydrogens (tertiary/aromatic N) is 3. The number of aliphatic imine (C=N–C) groups is 1. The van der Waals surface area contributed by atoms with E-state index in [0.717, 1.165) is 25.6 Å². The van der Waals surface area contributed by atoms with Crippen molar-refractivity contribution in [3.05, 3.63) is 53.9 Å². The third-order valence-electron chi connectivity index (χ3n) is 5.47. The number of guanidine groups is 1. The minimum atomic E-state index is 0. The van der Waals surface area contributed by atoms with E-state index in [1.165, 1.54) is 36.8 Å². The lowest BCUT2D eigenvalue weighted by Crippen LogP contribution is -2.46. The number of benzene rings is 1. The minimum Gasteiger partial charge on any atom is -0.356 e. The maximum Gasteiger partial charge on any atom is 0.191 e. The summed E-state index contributed by atoms with van der Waals surface area (Å²) >= 11 is 0. The first-order chi connectivity index (χ1) is 12.2. The van der Waals surface area contributed by atoms with Crippen LogP contribution in [0, 0.1) is 5.41 Å². The highest BCUT2D eigenvalue weighted by Gasteiger charge is 2.34. The summed E-state index contributed by atoms with van der Waals surface area (Å²) in [6.07, 6.45) is 9.08. The molecule has 0 aliphatic heterocycles. The van der Waals surface area contributed by atoms with Crippen LogP contribution in [0.4, 0.5) is 0 Å². The standard InChI is InChI=1S/C20H29N5.HI/c1-3-20(10-6-11-20)16-23-19(21-2)22-14-17-8-4-5-9-18(17)15-25-13-7-12-24-25;/h4-5,7-9,12-13H,3,6,10-11,14-16H2,1-2H3,(H2,21,22,23);1H. The summed E-state index contributed by atoms with van der Waals surface area (Å²) < 4.78 is 1.95. The van der Waals surface area contributed by atoms with Gasteiger partial charge >= 0.3 is 0 Å². The Morgan fingerprint density at radius 2 is 1.96 bits per heavy atom. The molecule has 0 bridgehead atoms. The normalized spacial score (nSPS) is 15.7. The van der Waals surface area contributed by atoms with Crippen molar-refractivity contribution >= 4 is 29.9 Å². The third kappa shape index (κ3) is 5.22. The first kappa shape index (κ1) is 20.7. The van der Waals surface area contributed by atoms with Crippen LogP contribution in [0.25, 0.3) is 0 Å². The van der Waals surface area contributed by atoms with Crippen LogP contribution in [-0.4, -0.2) is 29.3 Å². The molecular formula is C20H30IN5. The first-order valence-electron chi connectivity index (χ1n) is 9.23. The van der Waals surface area contributed by atoms with E-state index in [-0.39, 0.29) is 24.0 Å². The summed E-state index contributed by atoms with van der Waals surface area (Å²) in [6, 6.07) is 10.4. The van der Waals surface area contributed by atoms with Gasteiger partial charge in [0.1, 0.15) is 0 Å². The second kappa shape index (κ2) is 9.94. The highest BCUT2D eigenvalue weighted by Crippen LogP contribution is 2.42. The summed E-state index contributed by atoms with van der Waals surface area (Å²) in [6.45, 7) is 4.85. The van der Waals surface area contributed by atoms with Crippen LogP contribution in [-0.2, 0) is 13.1 Å². The largest absolute Gasteiger partial charge is 0.356 e. The molecule has 2 N–H and O–H groups in total. The molecule has 0 radical (unpaired) electrons. The molecule has 1 aliphatic rings. The smallest absolute Gasteiger partial charge is 0.191 e. The first-order valence-corrected chi connectivity index (χ1v) is 9.23. The lowest BCUT2D eigenvalue weighted by Gasteiger charge is -2.41. The second-order valence-electron chi connectivity index (χ2n) is 6.96. The molecule has 1 heterocycles.